The maximum atomic E-state index is 6.19. The Morgan fingerprint density at radius 2 is 2.06 bits per heavy atom. The molecule has 1 aromatic heterocycles. The first kappa shape index (κ1) is 11.2. The maximum Gasteiger partial charge on any atom is 0.119 e. The van der Waals surface area contributed by atoms with Crippen molar-refractivity contribution in [3.8, 4) is 5.75 Å². The van der Waals surface area contributed by atoms with Crippen LogP contribution in [0.5, 0.6) is 5.75 Å². The fourth-order valence-electron chi connectivity index (χ4n) is 1.88. The van der Waals surface area contributed by atoms with Crippen LogP contribution in [0.2, 0.25) is 5.02 Å². The number of hydrogen-bond donors (Lipinski definition) is 0. The molecule has 0 saturated heterocycles. The molecule has 3 heteroatoms. The zero-order valence-corrected chi connectivity index (χ0v) is 10.4. The van der Waals surface area contributed by atoms with Crippen molar-refractivity contribution in [2.24, 2.45) is 0 Å². The highest BCUT2D eigenvalue weighted by Crippen LogP contribution is 2.32. The van der Waals surface area contributed by atoms with Gasteiger partial charge in [0.25, 0.3) is 0 Å². The Hall–Kier alpha value is -1.28. The number of ether oxygens (including phenoxy) is 1. The van der Waals surface area contributed by atoms with Crippen molar-refractivity contribution in [3.63, 3.8) is 0 Å². The van der Waals surface area contributed by atoms with Crippen molar-refractivity contribution in [3.05, 3.63) is 35.0 Å². The van der Waals surface area contributed by atoms with Crippen molar-refractivity contribution < 1.29 is 4.74 Å². The summed E-state index contributed by atoms with van der Waals surface area (Å²) in [6.45, 7) is 4.25. The summed E-state index contributed by atoms with van der Waals surface area (Å²) in [6.07, 6.45) is 1.71. The molecule has 1 aromatic carbocycles. The van der Waals surface area contributed by atoms with Crippen LogP contribution in [0.1, 0.15) is 25.3 Å². The molecule has 0 spiro atoms. The summed E-state index contributed by atoms with van der Waals surface area (Å²) in [6, 6.07) is 5.85. The predicted molar refractivity (Wildman–Crippen MR) is 67.4 cm³/mol. The van der Waals surface area contributed by atoms with E-state index in [0.29, 0.717) is 5.92 Å². The Morgan fingerprint density at radius 1 is 1.31 bits per heavy atom. The number of rotatable bonds is 2. The molecular weight excluding hydrogens is 222 g/mol. The highest BCUT2D eigenvalue weighted by Gasteiger charge is 2.11. The van der Waals surface area contributed by atoms with Gasteiger partial charge in [0.05, 0.1) is 17.6 Å². The monoisotopic (exact) mass is 235 g/mol. The lowest BCUT2D eigenvalue weighted by Crippen LogP contribution is -1.94. The van der Waals surface area contributed by atoms with E-state index in [1.807, 2.05) is 18.2 Å². The van der Waals surface area contributed by atoms with Gasteiger partial charge >= 0.3 is 0 Å². The van der Waals surface area contributed by atoms with E-state index >= 15 is 0 Å². The molecule has 16 heavy (non-hydrogen) atoms. The normalized spacial score (nSPS) is 11.1. The fraction of sp³-hybridized carbons (Fsp3) is 0.308. The van der Waals surface area contributed by atoms with Gasteiger partial charge in [-0.1, -0.05) is 25.4 Å². The Labute approximate surface area is 100 Å². The Balaban J connectivity index is 2.78. The minimum atomic E-state index is 0.366. The summed E-state index contributed by atoms with van der Waals surface area (Å²) in [5.41, 5.74) is 2.08. The van der Waals surface area contributed by atoms with Crippen molar-refractivity contribution in [2.45, 2.75) is 19.8 Å². The van der Waals surface area contributed by atoms with Crippen LogP contribution in [0.3, 0.4) is 0 Å². The van der Waals surface area contributed by atoms with E-state index in [4.69, 9.17) is 16.3 Å². The topological polar surface area (TPSA) is 22.1 Å². The van der Waals surface area contributed by atoms with Gasteiger partial charge in [0, 0.05) is 11.6 Å². The van der Waals surface area contributed by atoms with Crippen LogP contribution < -0.4 is 4.74 Å². The second-order valence-corrected chi connectivity index (χ2v) is 4.46. The van der Waals surface area contributed by atoms with Gasteiger partial charge in [-0.3, -0.25) is 4.98 Å². The Kier molecular flexibility index (Phi) is 3.01. The number of aromatic nitrogens is 1. The molecule has 2 aromatic rings. The first-order chi connectivity index (χ1) is 7.63. The molecule has 0 atom stereocenters. The average Bonchev–Trinajstić information content (AvgIpc) is 2.27. The number of benzene rings is 1. The Morgan fingerprint density at radius 3 is 2.69 bits per heavy atom. The smallest absolute Gasteiger partial charge is 0.119 e. The second kappa shape index (κ2) is 4.30. The Bertz CT molecular complexity index is 523. The summed E-state index contributed by atoms with van der Waals surface area (Å²) < 4.78 is 5.23. The quantitative estimate of drug-likeness (QED) is 0.784. The lowest BCUT2D eigenvalue weighted by atomic mass is 9.99. The maximum absolute atomic E-state index is 6.19. The minimum Gasteiger partial charge on any atom is -0.497 e. The van der Waals surface area contributed by atoms with Crippen LogP contribution >= 0.6 is 11.6 Å². The summed E-state index contributed by atoms with van der Waals surface area (Å²) in [5, 5.41) is 1.79. The van der Waals surface area contributed by atoms with E-state index in [-0.39, 0.29) is 0 Å². The highest BCUT2D eigenvalue weighted by atomic mass is 35.5. The number of pyridine rings is 1. The molecule has 0 aliphatic carbocycles. The number of methoxy groups -OCH3 is 1. The summed E-state index contributed by atoms with van der Waals surface area (Å²) >= 11 is 6.19. The van der Waals surface area contributed by atoms with Crippen molar-refractivity contribution in [1.82, 2.24) is 4.98 Å². The van der Waals surface area contributed by atoms with Gasteiger partial charge in [-0.05, 0) is 29.7 Å². The van der Waals surface area contributed by atoms with Crippen molar-refractivity contribution in [1.29, 1.82) is 0 Å². The van der Waals surface area contributed by atoms with Crippen LogP contribution in [-0.4, -0.2) is 12.1 Å². The van der Waals surface area contributed by atoms with Crippen LogP contribution in [0, 0.1) is 0 Å². The van der Waals surface area contributed by atoms with E-state index in [2.05, 4.69) is 18.8 Å². The van der Waals surface area contributed by atoms with Gasteiger partial charge in [0.2, 0.25) is 0 Å². The van der Waals surface area contributed by atoms with Crippen LogP contribution in [0.4, 0.5) is 0 Å². The van der Waals surface area contributed by atoms with Crippen LogP contribution in [0.25, 0.3) is 10.9 Å². The SMILES string of the molecule is COc1ccc2ncc(Cl)c(C(C)C)c2c1. The lowest BCUT2D eigenvalue weighted by Gasteiger charge is -2.12. The van der Waals surface area contributed by atoms with Gasteiger partial charge in [-0.25, -0.2) is 0 Å². The van der Waals surface area contributed by atoms with E-state index in [1.54, 1.807) is 13.3 Å². The minimum absolute atomic E-state index is 0.366. The molecular formula is C13H14ClNO. The molecule has 1 heterocycles. The fourth-order valence-corrected chi connectivity index (χ4v) is 2.25. The third-order valence-electron chi connectivity index (χ3n) is 2.65. The van der Waals surface area contributed by atoms with Gasteiger partial charge in [0.1, 0.15) is 5.75 Å². The standard InChI is InChI=1S/C13H14ClNO/c1-8(2)13-10-6-9(16-3)4-5-12(10)15-7-11(13)14/h4-8H,1-3H3. The zero-order valence-electron chi connectivity index (χ0n) is 9.62. The second-order valence-electron chi connectivity index (χ2n) is 4.06. The number of halogens is 1. The molecule has 2 nitrogen and oxygen atoms in total. The molecule has 84 valence electrons. The molecule has 0 N–H and O–H groups in total. The highest BCUT2D eigenvalue weighted by molar-refractivity contribution is 6.32. The first-order valence-corrected chi connectivity index (χ1v) is 5.63. The molecule has 2 rings (SSSR count). The molecule has 0 aliphatic heterocycles. The largest absolute Gasteiger partial charge is 0.497 e. The molecule has 0 unspecified atom stereocenters. The molecule has 0 amide bonds. The van der Waals surface area contributed by atoms with Crippen LogP contribution in [0.15, 0.2) is 24.4 Å². The van der Waals surface area contributed by atoms with Crippen molar-refractivity contribution in [2.75, 3.05) is 7.11 Å². The number of fused-ring (bicyclic) bond motifs is 1. The summed E-state index contributed by atoms with van der Waals surface area (Å²) in [7, 11) is 1.66. The molecule has 0 saturated carbocycles. The van der Waals surface area contributed by atoms with Crippen molar-refractivity contribution >= 4 is 22.5 Å². The van der Waals surface area contributed by atoms with Gasteiger partial charge in [-0.15, -0.1) is 0 Å². The summed E-state index contributed by atoms with van der Waals surface area (Å²) in [5.74, 6) is 1.20. The van der Waals surface area contributed by atoms with Crippen LogP contribution in [-0.2, 0) is 0 Å². The molecule has 0 bridgehead atoms. The van der Waals surface area contributed by atoms with Gasteiger partial charge in [-0.2, -0.15) is 0 Å². The third kappa shape index (κ3) is 1.85. The predicted octanol–water partition coefficient (Wildman–Crippen LogP) is 4.02. The third-order valence-corrected chi connectivity index (χ3v) is 2.95. The van der Waals surface area contributed by atoms with E-state index in [1.165, 1.54) is 0 Å². The number of nitrogens with zero attached hydrogens (tertiary/aromatic N) is 1. The molecule has 0 radical (unpaired) electrons. The first-order valence-electron chi connectivity index (χ1n) is 5.25. The number of hydrogen-bond acceptors (Lipinski definition) is 2. The van der Waals surface area contributed by atoms with E-state index in [0.717, 1.165) is 27.2 Å². The van der Waals surface area contributed by atoms with Gasteiger partial charge in [0.15, 0.2) is 0 Å². The van der Waals surface area contributed by atoms with E-state index < -0.39 is 0 Å². The zero-order chi connectivity index (χ0) is 11.7. The lowest BCUT2D eigenvalue weighted by molar-refractivity contribution is 0.415. The van der Waals surface area contributed by atoms with Gasteiger partial charge < -0.3 is 4.74 Å². The molecule has 0 fully saturated rings. The summed E-state index contributed by atoms with van der Waals surface area (Å²) in [4.78, 5) is 4.31. The van der Waals surface area contributed by atoms with E-state index in [9.17, 15) is 0 Å². The molecule has 0 aliphatic rings. The average molecular weight is 236 g/mol.